The maximum atomic E-state index is 12.9. The summed E-state index contributed by atoms with van der Waals surface area (Å²) in [6.07, 6.45) is 2.07. The minimum atomic E-state index is -0.232. The lowest BCUT2D eigenvalue weighted by Gasteiger charge is -2.19. The molecular weight excluding hydrogens is 406 g/mol. The number of ether oxygens (including phenoxy) is 3. The molecule has 2 N–H and O–H groups in total. The fourth-order valence-electron chi connectivity index (χ4n) is 3.44. The lowest BCUT2D eigenvalue weighted by molar-refractivity contribution is 0.0975. The van der Waals surface area contributed by atoms with Gasteiger partial charge in [-0.05, 0) is 48.1 Å². The van der Waals surface area contributed by atoms with Crippen molar-refractivity contribution >= 4 is 17.6 Å². The topological polar surface area (TPSA) is 81.2 Å². The van der Waals surface area contributed by atoms with E-state index in [0.29, 0.717) is 29.6 Å². The Bertz CT molecular complexity index is 943. The first-order valence-corrected chi connectivity index (χ1v) is 10.9. The molecule has 3 rings (SSSR count). The van der Waals surface area contributed by atoms with Crippen molar-refractivity contribution in [2.24, 2.45) is 4.99 Å². The molecule has 2 aromatic carbocycles. The third kappa shape index (κ3) is 6.23. The van der Waals surface area contributed by atoms with E-state index < -0.39 is 0 Å². The fourth-order valence-corrected chi connectivity index (χ4v) is 3.44. The van der Waals surface area contributed by atoms with Crippen LogP contribution < -0.4 is 20.1 Å². The summed E-state index contributed by atoms with van der Waals surface area (Å²) < 4.78 is 16.3. The molecule has 2 aromatic rings. The molecule has 1 heterocycles. The van der Waals surface area contributed by atoms with Gasteiger partial charge in [-0.15, -0.1) is 0 Å². The molecule has 1 aliphatic rings. The zero-order chi connectivity index (χ0) is 23.1. The highest BCUT2D eigenvalue weighted by atomic mass is 16.5. The van der Waals surface area contributed by atoms with Gasteiger partial charge < -0.3 is 19.5 Å². The molecular formula is C25H33N3O4. The average molecular weight is 440 g/mol. The van der Waals surface area contributed by atoms with Gasteiger partial charge in [-0.25, -0.2) is 4.99 Å². The highest BCUT2D eigenvalue weighted by Gasteiger charge is 2.18. The molecule has 32 heavy (non-hydrogen) atoms. The van der Waals surface area contributed by atoms with E-state index in [1.54, 1.807) is 26.4 Å². The number of guanidine groups is 1. The second kappa shape index (κ2) is 10.5. The van der Waals surface area contributed by atoms with Crippen LogP contribution in [-0.2, 0) is 10.2 Å². The van der Waals surface area contributed by atoms with Crippen LogP contribution in [0.25, 0.3) is 0 Å². The molecule has 1 amide bonds. The molecule has 7 heteroatoms. The normalized spacial score (nSPS) is 16.5. The zero-order valence-corrected chi connectivity index (χ0v) is 19.5. The Labute approximate surface area is 190 Å². The molecule has 1 fully saturated rings. The number of carbonyl (C=O) groups is 1. The first kappa shape index (κ1) is 23.6. The van der Waals surface area contributed by atoms with Crippen molar-refractivity contribution in [1.82, 2.24) is 5.32 Å². The van der Waals surface area contributed by atoms with Crippen LogP contribution in [-0.4, -0.2) is 45.3 Å². The van der Waals surface area contributed by atoms with Gasteiger partial charge in [0.1, 0.15) is 0 Å². The third-order valence-corrected chi connectivity index (χ3v) is 5.37. The van der Waals surface area contributed by atoms with Crippen molar-refractivity contribution < 1.29 is 19.0 Å². The van der Waals surface area contributed by atoms with Gasteiger partial charge in [0.15, 0.2) is 11.5 Å². The highest BCUT2D eigenvalue weighted by Crippen LogP contribution is 2.29. The molecule has 0 bridgehead atoms. The number of nitrogens with zero attached hydrogens (tertiary/aromatic N) is 1. The predicted molar refractivity (Wildman–Crippen MR) is 127 cm³/mol. The SMILES string of the molecule is COc1ccc(NC(=NCC2CCCO2)NC(=O)c2ccc(C(C)(C)C)cc2)cc1OC. The predicted octanol–water partition coefficient (Wildman–Crippen LogP) is 4.38. The largest absolute Gasteiger partial charge is 0.493 e. The van der Waals surface area contributed by atoms with E-state index >= 15 is 0 Å². The van der Waals surface area contributed by atoms with Crippen LogP contribution in [0.5, 0.6) is 11.5 Å². The van der Waals surface area contributed by atoms with E-state index in [0.717, 1.165) is 25.1 Å². The first-order valence-electron chi connectivity index (χ1n) is 10.9. The number of rotatable bonds is 6. The summed E-state index contributed by atoms with van der Waals surface area (Å²) >= 11 is 0. The average Bonchev–Trinajstić information content (AvgIpc) is 3.30. The number of carbonyl (C=O) groups excluding carboxylic acids is 1. The van der Waals surface area contributed by atoms with Crippen LogP contribution in [0, 0.1) is 0 Å². The highest BCUT2D eigenvalue weighted by molar-refractivity contribution is 6.10. The lowest BCUT2D eigenvalue weighted by atomic mass is 9.87. The van der Waals surface area contributed by atoms with E-state index in [-0.39, 0.29) is 17.4 Å². The Morgan fingerprint density at radius 2 is 1.81 bits per heavy atom. The van der Waals surface area contributed by atoms with Gasteiger partial charge in [-0.1, -0.05) is 32.9 Å². The van der Waals surface area contributed by atoms with Crippen LogP contribution in [0.3, 0.4) is 0 Å². The molecule has 0 saturated carbocycles. The Hall–Kier alpha value is -3.06. The summed E-state index contributed by atoms with van der Waals surface area (Å²) in [4.78, 5) is 17.5. The van der Waals surface area contributed by atoms with Gasteiger partial charge in [0, 0.05) is 23.9 Å². The van der Waals surface area contributed by atoms with Gasteiger partial charge in [-0.3, -0.25) is 10.1 Å². The van der Waals surface area contributed by atoms with E-state index in [1.807, 2.05) is 30.3 Å². The maximum absolute atomic E-state index is 12.9. The van der Waals surface area contributed by atoms with Crippen molar-refractivity contribution in [2.75, 3.05) is 32.7 Å². The number of methoxy groups -OCH3 is 2. The minimum Gasteiger partial charge on any atom is -0.493 e. The first-order chi connectivity index (χ1) is 15.3. The van der Waals surface area contributed by atoms with Crippen molar-refractivity contribution in [1.29, 1.82) is 0 Å². The standard InChI is InChI=1S/C25H33N3O4/c1-25(2,3)18-10-8-17(9-11-18)23(29)28-24(26-16-20-7-6-14-32-20)27-19-12-13-21(30-4)22(15-19)31-5/h8-13,15,20H,6-7,14,16H2,1-5H3,(H2,26,27,28,29). The van der Waals surface area contributed by atoms with E-state index in [1.165, 1.54) is 5.56 Å². The van der Waals surface area contributed by atoms with E-state index in [4.69, 9.17) is 14.2 Å². The summed E-state index contributed by atoms with van der Waals surface area (Å²) in [7, 11) is 3.17. The number of benzene rings is 2. The van der Waals surface area contributed by atoms with Crippen LogP contribution in [0.15, 0.2) is 47.5 Å². The number of hydrogen-bond acceptors (Lipinski definition) is 5. The van der Waals surface area contributed by atoms with Crippen molar-refractivity contribution in [3.8, 4) is 11.5 Å². The van der Waals surface area contributed by atoms with Crippen LogP contribution in [0.2, 0.25) is 0 Å². The number of amides is 1. The third-order valence-electron chi connectivity index (χ3n) is 5.37. The van der Waals surface area contributed by atoms with Gasteiger partial charge in [0.05, 0.1) is 26.9 Å². The van der Waals surface area contributed by atoms with Crippen LogP contribution >= 0.6 is 0 Å². The molecule has 7 nitrogen and oxygen atoms in total. The Morgan fingerprint density at radius 1 is 1.09 bits per heavy atom. The van der Waals surface area contributed by atoms with Crippen LogP contribution in [0.1, 0.15) is 49.5 Å². The number of aliphatic imine (C=N–C) groups is 1. The Morgan fingerprint density at radius 3 is 2.41 bits per heavy atom. The monoisotopic (exact) mass is 439 g/mol. The van der Waals surface area contributed by atoms with Crippen molar-refractivity contribution in [2.45, 2.75) is 45.1 Å². The summed E-state index contributed by atoms with van der Waals surface area (Å²) in [5.41, 5.74) is 2.48. The Kier molecular flexibility index (Phi) is 7.75. The molecule has 1 unspecified atom stereocenters. The lowest BCUT2D eigenvalue weighted by Crippen LogP contribution is -2.36. The van der Waals surface area contributed by atoms with Gasteiger partial charge in [0.25, 0.3) is 5.91 Å². The molecule has 0 spiro atoms. The summed E-state index contributed by atoms with van der Waals surface area (Å²) in [5.74, 6) is 1.33. The quantitative estimate of drug-likeness (QED) is 0.516. The molecule has 1 aliphatic heterocycles. The molecule has 0 aliphatic carbocycles. The minimum absolute atomic E-state index is 0.0257. The zero-order valence-electron chi connectivity index (χ0n) is 19.5. The van der Waals surface area contributed by atoms with Crippen molar-refractivity contribution in [3.63, 3.8) is 0 Å². The molecule has 1 saturated heterocycles. The summed E-state index contributed by atoms with van der Waals surface area (Å²) in [6, 6.07) is 13.1. The van der Waals surface area contributed by atoms with Crippen LogP contribution in [0.4, 0.5) is 5.69 Å². The maximum Gasteiger partial charge on any atom is 0.257 e. The molecule has 1 atom stereocenters. The second-order valence-corrected chi connectivity index (χ2v) is 8.80. The Balaban J connectivity index is 1.78. The second-order valence-electron chi connectivity index (χ2n) is 8.80. The van der Waals surface area contributed by atoms with E-state index in [2.05, 4.69) is 36.4 Å². The molecule has 0 radical (unpaired) electrons. The fraction of sp³-hybridized carbons (Fsp3) is 0.440. The number of nitrogens with one attached hydrogen (secondary N) is 2. The van der Waals surface area contributed by atoms with Crippen molar-refractivity contribution in [3.05, 3.63) is 53.6 Å². The van der Waals surface area contributed by atoms with Gasteiger partial charge in [0.2, 0.25) is 5.96 Å². The van der Waals surface area contributed by atoms with Gasteiger partial charge in [-0.2, -0.15) is 0 Å². The number of hydrogen-bond donors (Lipinski definition) is 2. The summed E-state index contributed by atoms with van der Waals surface area (Å²) in [5, 5.41) is 6.09. The van der Waals surface area contributed by atoms with E-state index in [9.17, 15) is 4.79 Å². The smallest absolute Gasteiger partial charge is 0.257 e. The number of anilines is 1. The summed E-state index contributed by atoms with van der Waals surface area (Å²) in [6.45, 7) is 7.66. The molecule has 0 aromatic heterocycles. The van der Waals surface area contributed by atoms with Gasteiger partial charge >= 0.3 is 0 Å². The molecule has 172 valence electrons.